The Bertz CT molecular complexity index is 544. The van der Waals surface area contributed by atoms with Crippen molar-refractivity contribution in [2.24, 2.45) is 0 Å². The topological polar surface area (TPSA) is 44.8 Å². The summed E-state index contributed by atoms with van der Waals surface area (Å²) in [5.74, 6) is 0.551. The summed E-state index contributed by atoms with van der Waals surface area (Å²) in [4.78, 5) is 12.2. The number of hydrogen-bond acceptors (Lipinski definition) is 4. The molecule has 20 heavy (non-hydrogen) atoms. The summed E-state index contributed by atoms with van der Waals surface area (Å²) >= 11 is 0. The standard InChI is InChI=1S/C16H16O4/c1-18-16(19-2)20-14-10-8-13(9-11-14)15(17)12-6-4-3-5-7-12/h3-11,16H,1-2H3. The normalized spacial score (nSPS) is 10.6. The second-order valence-electron chi connectivity index (χ2n) is 4.10. The summed E-state index contributed by atoms with van der Waals surface area (Å²) in [6.45, 7) is -0.759. The first-order chi connectivity index (χ1) is 9.74. The Morgan fingerprint density at radius 3 is 1.95 bits per heavy atom. The molecule has 0 N–H and O–H groups in total. The molecule has 2 rings (SSSR count). The van der Waals surface area contributed by atoms with Crippen LogP contribution in [0.2, 0.25) is 0 Å². The summed E-state index contributed by atoms with van der Waals surface area (Å²) in [6.07, 6.45) is 0. The minimum Gasteiger partial charge on any atom is -0.441 e. The summed E-state index contributed by atoms with van der Waals surface area (Å²) in [5, 5.41) is 0. The van der Waals surface area contributed by atoms with E-state index in [-0.39, 0.29) is 5.78 Å². The minimum absolute atomic E-state index is 0.0211. The number of rotatable bonds is 6. The zero-order valence-corrected chi connectivity index (χ0v) is 11.4. The maximum Gasteiger partial charge on any atom is 0.315 e. The lowest BCUT2D eigenvalue weighted by molar-refractivity contribution is -0.219. The first-order valence-corrected chi connectivity index (χ1v) is 6.16. The smallest absolute Gasteiger partial charge is 0.315 e. The second-order valence-corrected chi connectivity index (χ2v) is 4.10. The van der Waals surface area contributed by atoms with Crippen LogP contribution in [0.1, 0.15) is 15.9 Å². The lowest BCUT2D eigenvalue weighted by atomic mass is 10.0. The highest BCUT2D eigenvalue weighted by Gasteiger charge is 2.10. The maximum atomic E-state index is 12.2. The molecular weight excluding hydrogens is 256 g/mol. The molecule has 0 aliphatic carbocycles. The van der Waals surface area contributed by atoms with Crippen molar-refractivity contribution in [3.63, 3.8) is 0 Å². The average molecular weight is 272 g/mol. The maximum absolute atomic E-state index is 12.2. The number of carbonyl (C=O) groups is 1. The van der Waals surface area contributed by atoms with Crippen LogP contribution in [0, 0.1) is 0 Å². The van der Waals surface area contributed by atoms with Crippen molar-refractivity contribution in [1.82, 2.24) is 0 Å². The van der Waals surface area contributed by atoms with Crippen LogP contribution in [-0.4, -0.2) is 26.5 Å². The van der Waals surface area contributed by atoms with Gasteiger partial charge in [-0.3, -0.25) is 4.79 Å². The zero-order valence-electron chi connectivity index (χ0n) is 11.4. The van der Waals surface area contributed by atoms with E-state index in [1.165, 1.54) is 14.2 Å². The summed E-state index contributed by atoms with van der Waals surface area (Å²) in [7, 11) is 2.98. The van der Waals surface area contributed by atoms with Crippen LogP contribution in [-0.2, 0) is 9.47 Å². The van der Waals surface area contributed by atoms with Gasteiger partial charge in [0.1, 0.15) is 5.75 Å². The molecular formula is C16H16O4. The van der Waals surface area contributed by atoms with Crippen LogP contribution in [0.15, 0.2) is 54.6 Å². The first kappa shape index (κ1) is 14.2. The number of methoxy groups -OCH3 is 2. The molecule has 0 bridgehead atoms. The van der Waals surface area contributed by atoms with Gasteiger partial charge < -0.3 is 14.2 Å². The third kappa shape index (κ3) is 3.44. The highest BCUT2D eigenvalue weighted by atomic mass is 16.8. The number of ketones is 1. The molecule has 0 aliphatic heterocycles. The average Bonchev–Trinajstić information content (AvgIpc) is 2.53. The van der Waals surface area contributed by atoms with Gasteiger partial charge >= 0.3 is 6.48 Å². The Balaban J connectivity index is 2.10. The Morgan fingerprint density at radius 2 is 1.40 bits per heavy atom. The van der Waals surface area contributed by atoms with Crippen LogP contribution < -0.4 is 4.74 Å². The number of carbonyl (C=O) groups excluding carboxylic acids is 1. The molecule has 2 aromatic carbocycles. The Morgan fingerprint density at radius 1 is 0.850 bits per heavy atom. The molecule has 0 fully saturated rings. The van der Waals surface area contributed by atoms with E-state index >= 15 is 0 Å². The number of ether oxygens (including phenoxy) is 3. The molecule has 0 spiro atoms. The Labute approximate surface area is 117 Å². The predicted octanol–water partition coefficient (Wildman–Crippen LogP) is 2.87. The van der Waals surface area contributed by atoms with Crippen molar-refractivity contribution in [2.75, 3.05) is 14.2 Å². The number of benzene rings is 2. The monoisotopic (exact) mass is 272 g/mol. The molecule has 0 atom stereocenters. The molecule has 4 heteroatoms. The fraction of sp³-hybridized carbons (Fsp3) is 0.188. The van der Waals surface area contributed by atoms with E-state index in [2.05, 4.69) is 0 Å². The van der Waals surface area contributed by atoms with Gasteiger partial charge in [-0.2, -0.15) is 0 Å². The first-order valence-electron chi connectivity index (χ1n) is 6.16. The molecule has 0 saturated heterocycles. The van der Waals surface area contributed by atoms with Gasteiger partial charge in [0.05, 0.1) is 0 Å². The summed E-state index contributed by atoms with van der Waals surface area (Å²) in [5.41, 5.74) is 1.27. The number of hydrogen-bond donors (Lipinski definition) is 0. The SMILES string of the molecule is COC(OC)Oc1ccc(C(=O)c2ccccc2)cc1. The van der Waals surface area contributed by atoms with Gasteiger partial charge in [0, 0.05) is 25.3 Å². The minimum atomic E-state index is -0.759. The predicted molar refractivity (Wildman–Crippen MR) is 74.8 cm³/mol. The zero-order chi connectivity index (χ0) is 14.4. The van der Waals surface area contributed by atoms with E-state index in [1.54, 1.807) is 36.4 Å². The molecule has 0 radical (unpaired) electrons. The van der Waals surface area contributed by atoms with Crippen molar-refractivity contribution in [2.45, 2.75) is 6.48 Å². The van der Waals surface area contributed by atoms with Gasteiger partial charge in [-0.25, -0.2) is 0 Å². The molecule has 0 amide bonds. The fourth-order valence-corrected chi connectivity index (χ4v) is 1.74. The Kier molecular flexibility index (Phi) is 4.87. The van der Waals surface area contributed by atoms with Gasteiger partial charge in [-0.1, -0.05) is 30.3 Å². The van der Waals surface area contributed by atoms with E-state index in [9.17, 15) is 4.79 Å². The van der Waals surface area contributed by atoms with E-state index in [0.717, 1.165) is 0 Å². The molecule has 0 heterocycles. The van der Waals surface area contributed by atoms with Crippen molar-refractivity contribution in [3.05, 3.63) is 65.7 Å². The van der Waals surface area contributed by atoms with Gasteiger partial charge in [-0.05, 0) is 24.3 Å². The van der Waals surface area contributed by atoms with E-state index in [0.29, 0.717) is 16.9 Å². The molecule has 4 nitrogen and oxygen atoms in total. The van der Waals surface area contributed by atoms with Gasteiger partial charge in [0.2, 0.25) is 0 Å². The van der Waals surface area contributed by atoms with Gasteiger partial charge in [-0.15, -0.1) is 0 Å². The lowest BCUT2D eigenvalue weighted by Gasteiger charge is -2.15. The third-order valence-electron chi connectivity index (χ3n) is 2.77. The van der Waals surface area contributed by atoms with E-state index in [4.69, 9.17) is 14.2 Å². The van der Waals surface area contributed by atoms with Gasteiger partial charge in [0.25, 0.3) is 0 Å². The van der Waals surface area contributed by atoms with E-state index in [1.807, 2.05) is 18.2 Å². The van der Waals surface area contributed by atoms with Crippen molar-refractivity contribution in [3.8, 4) is 5.75 Å². The molecule has 0 unspecified atom stereocenters. The summed E-state index contributed by atoms with van der Waals surface area (Å²) in [6, 6.07) is 16.0. The molecule has 0 saturated carbocycles. The molecule has 104 valence electrons. The van der Waals surface area contributed by atoms with Crippen LogP contribution in [0.5, 0.6) is 5.75 Å². The van der Waals surface area contributed by atoms with E-state index < -0.39 is 6.48 Å². The lowest BCUT2D eigenvalue weighted by Crippen LogP contribution is -2.20. The fourth-order valence-electron chi connectivity index (χ4n) is 1.74. The Hall–Kier alpha value is -2.17. The summed E-state index contributed by atoms with van der Waals surface area (Å²) < 4.78 is 15.3. The van der Waals surface area contributed by atoms with Crippen LogP contribution in [0.25, 0.3) is 0 Å². The molecule has 0 aliphatic rings. The van der Waals surface area contributed by atoms with Gasteiger partial charge in [0.15, 0.2) is 5.78 Å². The quantitative estimate of drug-likeness (QED) is 0.599. The van der Waals surface area contributed by atoms with Crippen LogP contribution >= 0.6 is 0 Å². The van der Waals surface area contributed by atoms with Crippen LogP contribution in [0.4, 0.5) is 0 Å². The van der Waals surface area contributed by atoms with Crippen LogP contribution in [0.3, 0.4) is 0 Å². The highest BCUT2D eigenvalue weighted by Crippen LogP contribution is 2.17. The third-order valence-corrected chi connectivity index (χ3v) is 2.77. The van der Waals surface area contributed by atoms with Crippen molar-refractivity contribution in [1.29, 1.82) is 0 Å². The van der Waals surface area contributed by atoms with Crippen molar-refractivity contribution < 1.29 is 19.0 Å². The second kappa shape index (κ2) is 6.84. The van der Waals surface area contributed by atoms with Crippen molar-refractivity contribution >= 4 is 5.78 Å². The molecule has 2 aromatic rings. The largest absolute Gasteiger partial charge is 0.441 e. The highest BCUT2D eigenvalue weighted by molar-refractivity contribution is 6.08. The molecule has 0 aromatic heterocycles.